The fourth-order valence-electron chi connectivity index (χ4n) is 0.765. The van der Waals surface area contributed by atoms with Crippen LogP contribution >= 0.6 is 11.8 Å². The van der Waals surface area contributed by atoms with Crippen LogP contribution in [0.5, 0.6) is 0 Å². The lowest BCUT2D eigenvalue weighted by Gasteiger charge is -2.15. The van der Waals surface area contributed by atoms with E-state index in [-0.39, 0.29) is 12.5 Å². The zero-order chi connectivity index (χ0) is 10.3. The van der Waals surface area contributed by atoms with E-state index in [1.54, 1.807) is 23.7 Å². The summed E-state index contributed by atoms with van der Waals surface area (Å²) in [6.45, 7) is 4.94. The smallest absolute Gasteiger partial charge is 0.232 e. The number of aliphatic hydroxyl groups excluding tert-OH is 1. The van der Waals surface area contributed by atoms with Crippen molar-refractivity contribution in [3.05, 3.63) is 0 Å². The molecule has 78 valence electrons. The van der Waals surface area contributed by atoms with Crippen molar-refractivity contribution in [3.63, 3.8) is 0 Å². The number of thioether (sulfide) groups is 1. The van der Waals surface area contributed by atoms with Crippen LogP contribution in [0.3, 0.4) is 0 Å². The molecule has 0 aromatic heterocycles. The van der Waals surface area contributed by atoms with Gasteiger partial charge < -0.3 is 10.0 Å². The predicted octanol–water partition coefficient (Wildman–Crippen LogP) is 0.969. The average molecular weight is 205 g/mol. The van der Waals surface area contributed by atoms with Gasteiger partial charge in [-0.25, -0.2) is 0 Å². The summed E-state index contributed by atoms with van der Waals surface area (Å²) < 4.78 is 0. The van der Waals surface area contributed by atoms with Crippen LogP contribution in [-0.2, 0) is 4.79 Å². The molecule has 0 fully saturated rings. The Kier molecular flexibility index (Phi) is 7.09. The van der Waals surface area contributed by atoms with Crippen LogP contribution in [0.25, 0.3) is 0 Å². The van der Waals surface area contributed by atoms with E-state index in [0.717, 1.165) is 13.0 Å². The van der Waals surface area contributed by atoms with Gasteiger partial charge >= 0.3 is 0 Å². The van der Waals surface area contributed by atoms with Gasteiger partial charge in [-0.05, 0) is 13.3 Å². The van der Waals surface area contributed by atoms with E-state index < -0.39 is 0 Å². The Labute approximate surface area is 84.5 Å². The maximum Gasteiger partial charge on any atom is 0.232 e. The summed E-state index contributed by atoms with van der Waals surface area (Å²) in [4.78, 5) is 13.0. The van der Waals surface area contributed by atoms with Gasteiger partial charge in [0.15, 0.2) is 0 Å². The van der Waals surface area contributed by atoms with Crippen molar-refractivity contribution >= 4 is 17.7 Å². The second-order valence-corrected chi connectivity index (χ2v) is 4.47. The molecule has 4 heteroatoms. The molecule has 3 nitrogen and oxygen atoms in total. The Hall–Kier alpha value is -0.220. The molecular formula is C9H19NO2S. The van der Waals surface area contributed by atoms with E-state index in [2.05, 4.69) is 0 Å². The quantitative estimate of drug-likeness (QED) is 0.702. The SMILES string of the molecule is CCN(C)C(=O)CSC(C)CCO. The number of hydrogen-bond donors (Lipinski definition) is 1. The molecule has 0 radical (unpaired) electrons. The van der Waals surface area contributed by atoms with Gasteiger partial charge in [-0.1, -0.05) is 6.92 Å². The Morgan fingerprint density at radius 3 is 2.69 bits per heavy atom. The highest BCUT2D eigenvalue weighted by molar-refractivity contribution is 8.00. The maximum atomic E-state index is 11.3. The average Bonchev–Trinajstić information content (AvgIpc) is 2.13. The lowest BCUT2D eigenvalue weighted by molar-refractivity contribution is -0.126. The van der Waals surface area contributed by atoms with E-state index >= 15 is 0 Å². The van der Waals surface area contributed by atoms with Gasteiger partial charge in [-0.3, -0.25) is 4.79 Å². The van der Waals surface area contributed by atoms with Gasteiger partial charge in [-0.15, -0.1) is 11.8 Å². The van der Waals surface area contributed by atoms with Crippen LogP contribution < -0.4 is 0 Å². The highest BCUT2D eigenvalue weighted by Gasteiger charge is 2.09. The highest BCUT2D eigenvalue weighted by Crippen LogP contribution is 2.13. The summed E-state index contributed by atoms with van der Waals surface area (Å²) >= 11 is 1.60. The van der Waals surface area contributed by atoms with Crippen LogP contribution in [0.2, 0.25) is 0 Å². The molecule has 0 saturated carbocycles. The molecule has 0 spiro atoms. The van der Waals surface area contributed by atoms with Crippen molar-refractivity contribution in [2.24, 2.45) is 0 Å². The zero-order valence-corrected chi connectivity index (χ0v) is 9.43. The van der Waals surface area contributed by atoms with Crippen LogP contribution in [0, 0.1) is 0 Å². The third-order valence-corrected chi connectivity index (χ3v) is 3.15. The third-order valence-electron chi connectivity index (χ3n) is 1.93. The number of hydrogen-bond acceptors (Lipinski definition) is 3. The topological polar surface area (TPSA) is 40.5 Å². The Bertz CT molecular complexity index is 153. The van der Waals surface area contributed by atoms with Crippen molar-refractivity contribution in [2.75, 3.05) is 26.0 Å². The van der Waals surface area contributed by atoms with Crippen molar-refractivity contribution < 1.29 is 9.90 Å². The molecule has 0 aliphatic carbocycles. The lowest BCUT2D eigenvalue weighted by atomic mass is 10.3. The van der Waals surface area contributed by atoms with Gasteiger partial charge in [0.2, 0.25) is 5.91 Å². The molecule has 0 aromatic rings. The van der Waals surface area contributed by atoms with Gasteiger partial charge in [0.25, 0.3) is 0 Å². The standard InChI is InChI=1S/C9H19NO2S/c1-4-10(3)9(12)7-13-8(2)5-6-11/h8,11H,4-7H2,1-3H3. The molecule has 1 unspecified atom stereocenters. The van der Waals surface area contributed by atoms with Gasteiger partial charge in [0.05, 0.1) is 5.75 Å². The monoisotopic (exact) mass is 205 g/mol. The first kappa shape index (κ1) is 12.8. The van der Waals surface area contributed by atoms with Gasteiger partial charge in [0, 0.05) is 25.4 Å². The largest absolute Gasteiger partial charge is 0.396 e. The van der Waals surface area contributed by atoms with Gasteiger partial charge in [-0.2, -0.15) is 0 Å². The molecule has 0 aliphatic rings. The Morgan fingerprint density at radius 2 is 2.23 bits per heavy atom. The lowest BCUT2D eigenvalue weighted by Crippen LogP contribution is -2.28. The highest BCUT2D eigenvalue weighted by atomic mass is 32.2. The summed E-state index contributed by atoms with van der Waals surface area (Å²) in [7, 11) is 1.81. The summed E-state index contributed by atoms with van der Waals surface area (Å²) in [6.07, 6.45) is 0.758. The van der Waals surface area contributed by atoms with E-state index in [9.17, 15) is 4.79 Å². The fourth-order valence-corrected chi connectivity index (χ4v) is 1.68. The molecule has 0 aromatic carbocycles. The number of carbonyl (C=O) groups is 1. The van der Waals surface area contributed by atoms with Crippen LogP contribution in [0.1, 0.15) is 20.3 Å². The predicted molar refractivity (Wildman–Crippen MR) is 56.9 cm³/mol. The number of rotatable bonds is 6. The minimum absolute atomic E-state index is 0.164. The summed E-state index contributed by atoms with van der Waals surface area (Å²) in [5, 5.41) is 9.01. The van der Waals surface area contributed by atoms with Crippen molar-refractivity contribution in [1.82, 2.24) is 4.90 Å². The minimum atomic E-state index is 0.164. The first-order valence-corrected chi connectivity index (χ1v) is 5.63. The summed E-state index contributed by atoms with van der Waals surface area (Å²) in [6, 6.07) is 0. The molecule has 1 N–H and O–H groups in total. The molecule has 0 heterocycles. The summed E-state index contributed by atoms with van der Waals surface area (Å²) in [5.74, 6) is 0.684. The minimum Gasteiger partial charge on any atom is -0.396 e. The molecule has 0 saturated heterocycles. The molecule has 0 aliphatic heterocycles. The van der Waals surface area contributed by atoms with E-state index in [4.69, 9.17) is 5.11 Å². The molecule has 1 atom stereocenters. The first-order valence-electron chi connectivity index (χ1n) is 4.58. The third kappa shape index (κ3) is 5.93. The normalized spacial score (nSPS) is 12.6. The first-order chi connectivity index (χ1) is 6.11. The fraction of sp³-hybridized carbons (Fsp3) is 0.889. The molecule has 0 bridgehead atoms. The molecule has 0 rings (SSSR count). The zero-order valence-electron chi connectivity index (χ0n) is 8.62. The second-order valence-electron chi connectivity index (χ2n) is 3.04. The van der Waals surface area contributed by atoms with E-state index in [0.29, 0.717) is 11.0 Å². The van der Waals surface area contributed by atoms with Crippen LogP contribution in [-0.4, -0.2) is 47.1 Å². The number of nitrogens with zero attached hydrogens (tertiary/aromatic N) is 1. The molecule has 13 heavy (non-hydrogen) atoms. The van der Waals surface area contributed by atoms with Gasteiger partial charge in [0.1, 0.15) is 0 Å². The Morgan fingerprint density at radius 1 is 1.62 bits per heavy atom. The van der Waals surface area contributed by atoms with Crippen molar-refractivity contribution in [2.45, 2.75) is 25.5 Å². The van der Waals surface area contributed by atoms with E-state index in [1.807, 2.05) is 13.8 Å². The van der Waals surface area contributed by atoms with E-state index in [1.165, 1.54) is 0 Å². The molecular weight excluding hydrogens is 186 g/mol. The van der Waals surface area contributed by atoms with Crippen LogP contribution in [0.4, 0.5) is 0 Å². The number of aliphatic hydroxyl groups is 1. The number of carbonyl (C=O) groups excluding carboxylic acids is 1. The molecule has 1 amide bonds. The summed E-state index contributed by atoms with van der Waals surface area (Å²) in [5.41, 5.74) is 0. The number of amides is 1. The Balaban J connectivity index is 3.57. The van der Waals surface area contributed by atoms with Crippen LogP contribution in [0.15, 0.2) is 0 Å². The van der Waals surface area contributed by atoms with Crippen molar-refractivity contribution in [1.29, 1.82) is 0 Å². The van der Waals surface area contributed by atoms with Crippen molar-refractivity contribution in [3.8, 4) is 0 Å². The maximum absolute atomic E-state index is 11.3. The second kappa shape index (κ2) is 7.21.